The second kappa shape index (κ2) is 10.8. The van der Waals surface area contributed by atoms with Gasteiger partial charge in [0.2, 0.25) is 0 Å². The molecule has 29 heavy (non-hydrogen) atoms. The van der Waals surface area contributed by atoms with Crippen molar-refractivity contribution in [2.24, 2.45) is 0 Å². The lowest BCUT2D eigenvalue weighted by atomic mass is 10.1. The first-order valence-corrected chi connectivity index (χ1v) is 11.9. The lowest BCUT2D eigenvalue weighted by Gasteiger charge is -2.17. The number of phosphoric ester groups is 1. The van der Waals surface area contributed by atoms with E-state index < -0.39 is 43.0 Å². The maximum atomic E-state index is 14.5. The Kier molecular flexibility index (Phi) is 8.94. The van der Waals surface area contributed by atoms with Crippen molar-refractivity contribution in [2.45, 2.75) is 29.8 Å². The van der Waals surface area contributed by atoms with Crippen molar-refractivity contribution in [3.05, 3.63) is 22.7 Å². The van der Waals surface area contributed by atoms with Crippen LogP contribution in [0.25, 0.3) is 0 Å². The Balaban J connectivity index is 1.86. The summed E-state index contributed by atoms with van der Waals surface area (Å²) < 4.78 is 36.9. The Labute approximate surface area is 174 Å². The average molecular weight is 472 g/mol. The fraction of sp³-hybridized carbons (Fsp3) is 0.643. The number of carbonyl (C=O) groups excluding carboxylic acids is 1. The smallest absolute Gasteiger partial charge is 0.389 e. The van der Waals surface area contributed by atoms with Crippen LogP contribution in [-0.4, -0.2) is 67.8 Å². The number of rotatable bonds is 9. The molecule has 5 N–H and O–H groups in total. The second-order valence-corrected chi connectivity index (χ2v) is 9.69. The normalized spacial score (nSPS) is 26.2. The molecule has 0 spiro atoms. The van der Waals surface area contributed by atoms with Crippen molar-refractivity contribution in [2.75, 3.05) is 31.2 Å². The monoisotopic (exact) mass is 472 g/mol. The van der Waals surface area contributed by atoms with Gasteiger partial charge in [0.25, 0.3) is 5.24 Å². The van der Waals surface area contributed by atoms with Gasteiger partial charge in [0.05, 0.1) is 18.5 Å². The van der Waals surface area contributed by atoms with Crippen LogP contribution >= 0.6 is 31.3 Å². The molecule has 11 nitrogen and oxygen atoms in total. The Morgan fingerprint density at radius 2 is 2.28 bits per heavy atom. The predicted octanol–water partition coefficient (Wildman–Crippen LogP) is 0.735. The van der Waals surface area contributed by atoms with Gasteiger partial charge in [-0.3, -0.25) is 18.4 Å². The first kappa shape index (κ1) is 24.1. The molecule has 0 aliphatic carbocycles. The lowest BCUT2D eigenvalue weighted by molar-refractivity contribution is 0.0595. The summed E-state index contributed by atoms with van der Waals surface area (Å²) in [6, 6.07) is 1.32. The molecule has 1 fully saturated rings. The summed E-state index contributed by atoms with van der Waals surface area (Å²) in [6.07, 6.45) is -2.11. The number of carbonyl (C=O) groups is 1. The van der Waals surface area contributed by atoms with Crippen LogP contribution in [0.2, 0.25) is 0 Å². The number of phosphoric acid groups is 1. The van der Waals surface area contributed by atoms with Crippen molar-refractivity contribution in [1.82, 2.24) is 14.9 Å². The Morgan fingerprint density at radius 3 is 2.93 bits per heavy atom. The summed E-state index contributed by atoms with van der Waals surface area (Å²) in [4.78, 5) is 36.3. The van der Waals surface area contributed by atoms with Gasteiger partial charge in [-0.05, 0) is 13.0 Å². The molecule has 0 saturated carbocycles. The third-order valence-electron chi connectivity index (χ3n) is 3.71. The van der Waals surface area contributed by atoms with Gasteiger partial charge < -0.3 is 21.1 Å². The van der Waals surface area contributed by atoms with Gasteiger partial charge in [0, 0.05) is 18.5 Å². The molecule has 5 atom stereocenters. The van der Waals surface area contributed by atoms with Crippen LogP contribution in [0.1, 0.15) is 12.3 Å². The van der Waals surface area contributed by atoms with Crippen molar-refractivity contribution >= 4 is 42.4 Å². The molecule has 0 radical (unpaired) electrons. The minimum Gasteiger partial charge on any atom is -0.389 e. The summed E-state index contributed by atoms with van der Waals surface area (Å²) in [5, 5.41) is 10.3. The number of aromatic nitrogens is 2. The zero-order chi connectivity index (χ0) is 21.6. The molecule has 0 bridgehead atoms. The highest BCUT2D eigenvalue weighted by molar-refractivity contribution is 8.13. The summed E-state index contributed by atoms with van der Waals surface area (Å²) in [6.45, 7) is 1.51. The fourth-order valence-corrected chi connectivity index (χ4v) is 5.36. The Morgan fingerprint density at radius 1 is 1.55 bits per heavy atom. The SMILES string of the molecule is CCNC(=O)SCCOP(=O)(O)OC[C@H]1S[C@@H](n2ccc(N)nc2=O)[C@@H](F)[C@@H]1O. The first-order valence-electron chi connectivity index (χ1n) is 8.49. The van der Waals surface area contributed by atoms with E-state index in [1.54, 1.807) is 6.92 Å². The quantitative estimate of drug-likeness (QED) is 0.296. The minimum atomic E-state index is -4.46. The molecule has 1 aromatic heterocycles. The van der Waals surface area contributed by atoms with Crippen LogP contribution in [0, 0.1) is 0 Å². The summed E-state index contributed by atoms with van der Waals surface area (Å²) in [7, 11) is -4.46. The third kappa shape index (κ3) is 6.95. The fourth-order valence-electron chi connectivity index (χ4n) is 2.37. The van der Waals surface area contributed by atoms with E-state index in [2.05, 4.69) is 10.3 Å². The van der Waals surface area contributed by atoms with Crippen molar-refractivity contribution in [3.8, 4) is 0 Å². The van der Waals surface area contributed by atoms with Crippen LogP contribution < -0.4 is 16.7 Å². The number of nitrogens with one attached hydrogen (secondary N) is 1. The predicted molar refractivity (Wildman–Crippen MR) is 107 cm³/mol. The van der Waals surface area contributed by atoms with Gasteiger partial charge in [-0.1, -0.05) is 11.8 Å². The highest BCUT2D eigenvalue weighted by atomic mass is 32.2. The molecule has 2 rings (SSSR count). The molecule has 1 aliphatic rings. The topological polar surface area (TPSA) is 166 Å². The van der Waals surface area contributed by atoms with Gasteiger partial charge >= 0.3 is 13.5 Å². The van der Waals surface area contributed by atoms with E-state index in [9.17, 15) is 28.5 Å². The maximum absolute atomic E-state index is 14.5. The van der Waals surface area contributed by atoms with E-state index in [1.807, 2.05) is 0 Å². The number of hydrogen-bond donors (Lipinski definition) is 4. The zero-order valence-electron chi connectivity index (χ0n) is 15.3. The van der Waals surface area contributed by atoms with Gasteiger partial charge in [-0.25, -0.2) is 13.8 Å². The highest BCUT2D eigenvalue weighted by Crippen LogP contribution is 2.48. The molecule has 0 aromatic carbocycles. The van der Waals surface area contributed by atoms with Crippen molar-refractivity contribution in [3.63, 3.8) is 0 Å². The van der Waals surface area contributed by atoms with Crippen molar-refractivity contribution in [1.29, 1.82) is 0 Å². The first-order chi connectivity index (χ1) is 13.6. The van der Waals surface area contributed by atoms with E-state index >= 15 is 0 Å². The third-order valence-corrected chi connectivity index (χ3v) is 7.01. The number of anilines is 1. The van der Waals surface area contributed by atoms with Gasteiger partial charge in [-0.15, -0.1) is 11.8 Å². The van der Waals surface area contributed by atoms with Crippen LogP contribution in [0.3, 0.4) is 0 Å². The molecule has 1 unspecified atom stereocenters. The van der Waals surface area contributed by atoms with Crippen LogP contribution in [0.15, 0.2) is 17.1 Å². The number of aliphatic hydroxyl groups is 1. The standard InChI is InChI=1S/C14H22FN4O7PS2/c1-2-17-14(22)28-6-5-25-27(23,24)26-7-8-11(20)10(15)12(29-8)19-4-3-9(16)18-13(19)21/h3-4,8,10-12,20H,2,5-7H2,1H3,(H,17,22)(H,23,24)(H2,16,18,21)/t8-,10+,11-,12-/m1/s1. The minimum absolute atomic E-state index is 0.0196. The number of amides is 1. The number of nitrogens with two attached hydrogens (primary N) is 1. The van der Waals surface area contributed by atoms with Gasteiger partial charge in [0.1, 0.15) is 17.3 Å². The summed E-state index contributed by atoms with van der Waals surface area (Å²) in [5.74, 6) is 0.108. The highest BCUT2D eigenvalue weighted by Gasteiger charge is 2.46. The number of nitrogens with zero attached hydrogens (tertiary/aromatic N) is 2. The van der Waals surface area contributed by atoms with Crippen LogP contribution in [-0.2, 0) is 13.6 Å². The van der Waals surface area contributed by atoms with E-state index in [-0.39, 0.29) is 23.4 Å². The molecule has 1 amide bonds. The van der Waals surface area contributed by atoms with Gasteiger partial charge in [-0.2, -0.15) is 4.98 Å². The number of thioether (sulfide) groups is 2. The largest absolute Gasteiger partial charge is 0.472 e. The molecular formula is C14H22FN4O7PS2. The summed E-state index contributed by atoms with van der Waals surface area (Å²) >= 11 is 1.75. The van der Waals surface area contributed by atoms with E-state index in [4.69, 9.17) is 14.8 Å². The lowest BCUT2D eigenvalue weighted by Crippen LogP contribution is -2.33. The number of alkyl halides is 1. The van der Waals surface area contributed by atoms with E-state index in [1.165, 1.54) is 12.3 Å². The van der Waals surface area contributed by atoms with Gasteiger partial charge in [0.15, 0.2) is 6.17 Å². The van der Waals surface area contributed by atoms with Crippen molar-refractivity contribution < 1.29 is 32.8 Å². The summed E-state index contributed by atoms with van der Waals surface area (Å²) in [5.41, 5.74) is 4.62. The molecular weight excluding hydrogens is 450 g/mol. The zero-order valence-corrected chi connectivity index (χ0v) is 17.9. The number of hydrogen-bond acceptors (Lipinski definition) is 10. The second-order valence-electron chi connectivity index (χ2n) is 5.81. The molecule has 1 aromatic rings. The number of aliphatic hydroxyl groups excluding tert-OH is 1. The number of halogens is 1. The molecule has 1 aliphatic heterocycles. The average Bonchev–Trinajstić information content (AvgIpc) is 2.92. The molecule has 2 heterocycles. The molecule has 1 saturated heterocycles. The number of nitrogen functional groups attached to an aromatic ring is 1. The van der Waals surface area contributed by atoms with E-state index in [0.29, 0.717) is 6.54 Å². The molecule has 15 heteroatoms. The Bertz CT molecular complexity index is 816. The Hall–Kier alpha value is -1.15. The molecule has 164 valence electrons. The van der Waals surface area contributed by atoms with Crippen LogP contribution in [0.5, 0.6) is 0 Å². The maximum Gasteiger partial charge on any atom is 0.472 e. The van der Waals surface area contributed by atoms with Crippen LogP contribution in [0.4, 0.5) is 15.0 Å². The van der Waals surface area contributed by atoms with E-state index in [0.717, 1.165) is 28.1 Å².